The average Bonchev–Trinajstić information content (AvgIpc) is 2.76. The molecule has 1 aromatic carbocycles. The molecule has 1 saturated heterocycles. The monoisotopic (exact) mass is 296 g/mol. The minimum atomic E-state index is -3.43. The fraction of sp³-hybridized carbons (Fsp3) is 0.500. The van der Waals surface area contributed by atoms with E-state index in [0.717, 1.165) is 25.7 Å². The molecule has 1 aliphatic heterocycles. The molecule has 1 fully saturated rings. The zero-order chi connectivity index (χ0) is 14.6. The first kappa shape index (κ1) is 15.0. The maximum atomic E-state index is 12.5. The number of rotatable bonds is 3. The summed E-state index contributed by atoms with van der Waals surface area (Å²) in [6, 6.07) is 6.10. The highest BCUT2D eigenvalue weighted by Crippen LogP contribution is 2.20. The highest BCUT2D eigenvalue weighted by molar-refractivity contribution is 7.89. The Morgan fingerprint density at radius 2 is 1.60 bits per heavy atom. The van der Waals surface area contributed by atoms with Crippen molar-refractivity contribution in [1.82, 2.24) is 9.62 Å². The zero-order valence-electron chi connectivity index (χ0n) is 11.6. The first-order chi connectivity index (χ1) is 9.55. The first-order valence-corrected chi connectivity index (χ1v) is 8.32. The maximum Gasteiger partial charge on any atom is 0.251 e. The standard InChI is InChI=1S/C14H20N2O3S/c1-15-14(17)12-6-8-13(9-7-12)20(18,19)16-10-4-2-3-5-11-16/h6-9H,2-5,10-11H2,1H3,(H,15,17). The van der Waals surface area contributed by atoms with E-state index in [0.29, 0.717) is 18.7 Å². The molecule has 20 heavy (non-hydrogen) atoms. The summed E-state index contributed by atoms with van der Waals surface area (Å²) >= 11 is 0. The lowest BCUT2D eigenvalue weighted by molar-refractivity contribution is 0.0963. The summed E-state index contributed by atoms with van der Waals surface area (Å²) in [5, 5.41) is 2.51. The molecule has 1 N–H and O–H groups in total. The van der Waals surface area contributed by atoms with E-state index in [1.807, 2.05) is 0 Å². The van der Waals surface area contributed by atoms with Gasteiger partial charge in [0, 0.05) is 25.7 Å². The molecule has 5 nitrogen and oxygen atoms in total. The van der Waals surface area contributed by atoms with E-state index in [-0.39, 0.29) is 10.8 Å². The van der Waals surface area contributed by atoms with Gasteiger partial charge in [-0.25, -0.2) is 8.42 Å². The van der Waals surface area contributed by atoms with Gasteiger partial charge in [0.1, 0.15) is 0 Å². The molecule has 6 heteroatoms. The van der Waals surface area contributed by atoms with Gasteiger partial charge in [-0.15, -0.1) is 0 Å². The van der Waals surface area contributed by atoms with Gasteiger partial charge >= 0.3 is 0 Å². The molecule has 0 spiro atoms. The Hall–Kier alpha value is -1.40. The van der Waals surface area contributed by atoms with Crippen LogP contribution in [0.3, 0.4) is 0 Å². The second-order valence-corrected chi connectivity index (χ2v) is 6.86. The number of nitrogens with one attached hydrogen (secondary N) is 1. The lowest BCUT2D eigenvalue weighted by atomic mass is 10.2. The smallest absolute Gasteiger partial charge is 0.251 e. The van der Waals surface area contributed by atoms with Crippen LogP contribution in [0.4, 0.5) is 0 Å². The van der Waals surface area contributed by atoms with Crippen LogP contribution in [0.2, 0.25) is 0 Å². The van der Waals surface area contributed by atoms with E-state index in [1.54, 1.807) is 23.5 Å². The number of hydrogen-bond donors (Lipinski definition) is 1. The highest BCUT2D eigenvalue weighted by Gasteiger charge is 2.25. The number of nitrogens with zero attached hydrogens (tertiary/aromatic N) is 1. The van der Waals surface area contributed by atoms with Crippen LogP contribution in [0.15, 0.2) is 29.2 Å². The van der Waals surface area contributed by atoms with Gasteiger partial charge in [-0.3, -0.25) is 4.79 Å². The highest BCUT2D eigenvalue weighted by atomic mass is 32.2. The lowest BCUT2D eigenvalue weighted by Crippen LogP contribution is -2.32. The minimum Gasteiger partial charge on any atom is -0.355 e. The molecule has 1 amide bonds. The SMILES string of the molecule is CNC(=O)c1ccc(S(=O)(=O)N2CCCCCC2)cc1. The van der Waals surface area contributed by atoms with Gasteiger partial charge < -0.3 is 5.32 Å². The molecule has 0 saturated carbocycles. The number of hydrogen-bond acceptors (Lipinski definition) is 3. The summed E-state index contributed by atoms with van der Waals surface area (Å²) in [7, 11) is -1.89. The van der Waals surface area contributed by atoms with Crippen LogP contribution in [0.25, 0.3) is 0 Å². The van der Waals surface area contributed by atoms with Gasteiger partial charge in [-0.1, -0.05) is 12.8 Å². The average molecular weight is 296 g/mol. The van der Waals surface area contributed by atoms with Crippen LogP contribution in [-0.2, 0) is 10.0 Å². The summed E-state index contributed by atoms with van der Waals surface area (Å²) in [5.41, 5.74) is 0.460. The Morgan fingerprint density at radius 3 is 2.10 bits per heavy atom. The third-order valence-electron chi connectivity index (χ3n) is 3.55. The molecule has 0 bridgehead atoms. The number of amides is 1. The topological polar surface area (TPSA) is 66.5 Å². The molecule has 0 aliphatic carbocycles. The van der Waals surface area contributed by atoms with Gasteiger partial charge in [-0.2, -0.15) is 4.31 Å². The third kappa shape index (κ3) is 3.19. The summed E-state index contributed by atoms with van der Waals surface area (Å²) in [6.45, 7) is 1.17. The van der Waals surface area contributed by atoms with E-state index in [9.17, 15) is 13.2 Å². The van der Waals surface area contributed by atoms with Gasteiger partial charge in [0.25, 0.3) is 5.91 Å². The van der Waals surface area contributed by atoms with E-state index in [4.69, 9.17) is 0 Å². The molecule has 1 heterocycles. The Balaban J connectivity index is 2.22. The van der Waals surface area contributed by atoms with Crippen molar-refractivity contribution in [3.8, 4) is 0 Å². The molecule has 1 aliphatic rings. The van der Waals surface area contributed by atoms with Gasteiger partial charge in [0.2, 0.25) is 10.0 Å². The van der Waals surface area contributed by atoms with Crippen molar-refractivity contribution < 1.29 is 13.2 Å². The second-order valence-electron chi connectivity index (χ2n) is 4.92. The van der Waals surface area contributed by atoms with Gasteiger partial charge in [-0.05, 0) is 37.1 Å². The van der Waals surface area contributed by atoms with E-state index in [2.05, 4.69) is 5.32 Å². The molecule has 0 radical (unpaired) electrons. The largest absolute Gasteiger partial charge is 0.355 e. The fourth-order valence-corrected chi connectivity index (χ4v) is 3.87. The Labute approximate surface area is 120 Å². The summed E-state index contributed by atoms with van der Waals surface area (Å²) < 4.78 is 26.6. The summed E-state index contributed by atoms with van der Waals surface area (Å²) in [4.78, 5) is 11.7. The Bertz CT molecular complexity index is 559. The van der Waals surface area contributed by atoms with Crippen molar-refractivity contribution in [3.63, 3.8) is 0 Å². The maximum absolute atomic E-state index is 12.5. The predicted molar refractivity (Wildman–Crippen MR) is 77.1 cm³/mol. The third-order valence-corrected chi connectivity index (χ3v) is 5.46. The fourth-order valence-electron chi connectivity index (χ4n) is 2.35. The molecule has 110 valence electrons. The Morgan fingerprint density at radius 1 is 1.05 bits per heavy atom. The van der Waals surface area contributed by atoms with Gasteiger partial charge in [0.05, 0.1) is 4.90 Å². The normalized spacial score (nSPS) is 17.4. The van der Waals surface area contributed by atoms with Gasteiger partial charge in [0.15, 0.2) is 0 Å². The summed E-state index contributed by atoms with van der Waals surface area (Å²) in [5.74, 6) is -0.219. The van der Waals surface area contributed by atoms with E-state index < -0.39 is 10.0 Å². The number of benzene rings is 1. The number of carbonyl (C=O) groups excluding carboxylic acids is 1. The van der Waals surface area contributed by atoms with E-state index in [1.165, 1.54) is 12.1 Å². The second kappa shape index (κ2) is 6.37. The van der Waals surface area contributed by atoms with Crippen LogP contribution >= 0.6 is 0 Å². The predicted octanol–water partition coefficient (Wildman–Crippen LogP) is 1.61. The quantitative estimate of drug-likeness (QED) is 0.921. The van der Waals surface area contributed by atoms with Crippen molar-refractivity contribution in [2.75, 3.05) is 20.1 Å². The first-order valence-electron chi connectivity index (χ1n) is 6.88. The molecule has 2 rings (SSSR count). The van der Waals surface area contributed by atoms with E-state index >= 15 is 0 Å². The molecular weight excluding hydrogens is 276 g/mol. The van der Waals surface area contributed by atoms with Crippen LogP contribution in [-0.4, -0.2) is 38.8 Å². The van der Waals surface area contributed by atoms with Crippen molar-refractivity contribution in [2.45, 2.75) is 30.6 Å². The molecular formula is C14H20N2O3S. The Kier molecular flexibility index (Phi) is 4.77. The molecule has 0 unspecified atom stereocenters. The van der Waals surface area contributed by atoms with Crippen molar-refractivity contribution in [3.05, 3.63) is 29.8 Å². The van der Waals surface area contributed by atoms with Crippen LogP contribution in [0, 0.1) is 0 Å². The molecule has 0 atom stereocenters. The van der Waals surface area contributed by atoms with Crippen molar-refractivity contribution in [1.29, 1.82) is 0 Å². The van der Waals surface area contributed by atoms with Crippen LogP contribution in [0.5, 0.6) is 0 Å². The number of carbonyl (C=O) groups is 1. The number of sulfonamides is 1. The summed E-state index contributed by atoms with van der Waals surface area (Å²) in [6.07, 6.45) is 3.99. The molecule has 0 aromatic heterocycles. The molecule has 1 aromatic rings. The zero-order valence-corrected chi connectivity index (χ0v) is 12.4. The van der Waals surface area contributed by atoms with Crippen molar-refractivity contribution >= 4 is 15.9 Å². The lowest BCUT2D eigenvalue weighted by Gasteiger charge is -2.19. The van der Waals surface area contributed by atoms with Crippen LogP contribution < -0.4 is 5.32 Å². The van der Waals surface area contributed by atoms with Crippen molar-refractivity contribution in [2.24, 2.45) is 0 Å². The van der Waals surface area contributed by atoms with Crippen LogP contribution in [0.1, 0.15) is 36.0 Å². The minimum absolute atomic E-state index is 0.219.